The quantitative estimate of drug-likeness (QED) is 0.842. The molecular formula is C18H20N2O4. The number of hydrogen-bond acceptors (Lipinski definition) is 5. The maximum Gasteiger partial charge on any atom is 0.257 e. The van der Waals surface area contributed by atoms with Crippen LogP contribution >= 0.6 is 0 Å². The van der Waals surface area contributed by atoms with Gasteiger partial charge in [0.05, 0.1) is 37.3 Å². The van der Waals surface area contributed by atoms with Crippen LogP contribution in [0.15, 0.2) is 47.5 Å². The summed E-state index contributed by atoms with van der Waals surface area (Å²) < 4.78 is 16.6. The molecule has 0 radical (unpaired) electrons. The van der Waals surface area contributed by atoms with E-state index in [0.717, 1.165) is 25.3 Å². The Labute approximate surface area is 140 Å². The Hall–Kier alpha value is -2.34. The third-order valence-corrected chi connectivity index (χ3v) is 4.89. The van der Waals surface area contributed by atoms with E-state index in [1.807, 2.05) is 17.0 Å². The molecule has 4 heterocycles. The first kappa shape index (κ1) is 15.2. The van der Waals surface area contributed by atoms with Crippen LogP contribution in [0.5, 0.6) is 5.75 Å². The molecule has 3 atom stereocenters. The zero-order valence-electron chi connectivity index (χ0n) is 13.3. The van der Waals surface area contributed by atoms with E-state index in [-0.39, 0.29) is 12.0 Å². The molecule has 0 unspecified atom stereocenters. The second-order valence-corrected chi connectivity index (χ2v) is 6.34. The predicted octanol–water partition coefficient (Wildman–Crippen LogP) is 2.23. The number of carbonyl (C=O) groups excluding carboxylic acids is 1. The highest BCUT2D eigenvalue weighted by Gasteiger charge is 2.45. The molecule has 0 saturated carbocycles. The SMILES string of the molecule is O=C(c1ccoc1)N1C[C@H]2[C@@H](CCOc3cccnc3)CO[C@H]2C1. The number of rotatable bonds is 5. The minimum atomic E-state index is 0.0205. The molecule has 4 rings (SSSR count). The number of pyridine rings is 1. The number of nitrogens with zero attached hydrogens (tertiary/aromatic N) is 2. The molecule has 0 N–H and O–H groups in total. The number of furan rings is 1. The van der Waals surface area contributed by atoms with E-state index < -0.39 is 0 Å². The summed E-state index contributed by atoms with van der Waals surface area (Å²) in [6, 6.07) is 5.47. The summed E-state index contributed by atoms with van der Waals surface area (Å²) in [5.74, 6) is 1.62. The lowest BCUT2D eigenvalue weighted by molar-refractivity contribution is 0.0671. The van der Waals surface area contributed by atoms with Gasteiger partial charge in [-0.1, -0.05) is 0 Å². The smallest absolute Gasteiger partial charge is 0.257 e. The molecule has 1 amide bonds. The summed E-state index contributed by atoms with van der Waals surface area (Å²) in [5.41, 5.74) is 0.603. The average molecular weight is 328 g/mol. The van der Waals surface area contributed by atoms with Crippen LogP contribution in [0.2, 0.25) is 0 Å². The third kappa shape index (κ3) is 3.01. The zero-order valence-corrected chi connectivity index (χ0v) is 13.3. The van der Waals surface area contributed by atoms with Crippen molar-refractivity contribution in [1.29, 1.82) is 0 Å². The molecule has 2 aliphatic heterocycles. The van der Waals surface area contributed by atoms with Gasteiger partial charge in [-0.25, -0.2) is 0 Å². The summed E-state index contributed by atoms with van der Waals surface area (Å²) in [6.07, 6.45) is 7.53. The van der Waals surface area contributed by atoms with E-state index in [2.05, 4.69) is 4.98 Å². The van der Waals surface area contributed by atoms with E-state index in [1.165, 1.54) is 12.5 Å². The molecule has 0 bridgehead atoms. The molecule has 126 valence electrons. The lowest BCUT2D eigenvalue weighted by Gasteiger charge is -2.19. The number of carbonyl (C=O) groups is 1. The minimum Gasteiger partial charge on any atom is -0.492 e. The number of fused-ring (bicyclic) bond motifs is 1. The van der Waals surface area contributed by atoms with Crippen molar-refractivity contribution in [3.05, 3.63) is 48.7 Å². The Morgan fingerprint density at radius 2 is 2.33 bits per heavy atom. The van der Waals surface area contributed by atoms with Crippen molar-refractivity contribution in [2.75, 3.05) is 26.3 Å². The van der Waals surface area contributed by atoms with Gasteiger partial charge < -0.3 is 18.8 Å². The van der Waals surface area contributed by atoms with E-state index in [4.69, 9.17) is 13.9 Å². The van der Waals surface area contributed by atoms with Crippen LogP contribution in [0.1, 0.15) is 16.8 Å². The molecule has 6 heteroatoms. The fourth-order valence-corrected chi connectivity index (χ4v) is 3.59. The van der Waals surface area contributed by atoms with Crippen LogP contribution in [-0.2, 0) is 4.74 Å². The fraction of sp³-hybridized carbons (Fsp3) is 0.444. The molecule has 2 saturated heterocycles. The van der Waals surface area contributed by atoms with Crippen molar-refractivity contribution in [2.45, 2.75) is 12.5 Å². The van der Waals surface area contributed by atoms with Gasteiger partial charge in [0.25, 0.3) is 5.91 Å². The van der Waals surface area contributed by atoms with Crippen LogP contribution in [0.25, 0.3) is 0 Å². The summed E-state index contributed by atoms with van der Waals surface area (Å²) in [5, 5.41) is 0. The average Bonchev–Trinajstić information content (AvgIpc) is 3.33. The van der Waals surface area contributed by atoms with E-state index in [9.17, 15) is 4.79 Å². The summed E-state index contributed by atoms with van der Waals surface area (Å²) in [4.78, 5) is 18.3. The van der Waals surface area contributed by atoms with Crippen LogP contribution in [-0.4, -0.2) is 48.2 Å². The Balaban J connectivity index is 1.31. The monoisotopic (exact) mass is 328 g/mol. The maximum absolute atomic E-state index is 12.4. The van der Waals surface area contributed by atoms with Crippen molar-refractivity contribution in [3.63, 3.8) is 0 Å². The Morgan fingerprint density at radius 1 is 1.38 bits per heavy atom. The van der Waals surface area contributed by atoms with Gasteiger partial charge in [-0.05, 0) is 30.5 Å². The van der Waals surface area contributed by atoms with Crippen LogP contribution in [0.4, 0.5) is 0 Å². The standard InChI is InChI=1S/C18H20N2O4/c21-18(14-3-6-22-11-14)20-9-16-13(12-24-17(16)10-20)4-7-23-15-2-1-5-19-8-15/h1-3,5-6,8,11,13,16-17H,4,7,9-10,12H2/t13-,16-,17-/m0/s1. The van der Waals surface area contributed by atoms with Crippen molar-refractivity contribution in [3.8, 4) is 5.75 Å². The summed E-state index contributed by atoms with van der Waals surface area (Å²) >= 11 is 0. The molecule has 2 aromatic heterocycles. The molecule has 2 aromatic rings. The highest BCUT2D eigenvalue weighted by molar-refractivity contribution is 5.94. The topological polar surface area (TPSA) is 64.8 Å². The number of hydrogen-bond donors (Lipinski definition) is 0. The molecule has 0 aliphatic carbocycles. The first-order valence-electron chi connectivity index (χ1n) is 8.27. The summed E-state index contributed by atoms with van der Waals surface area (Å²) in [6.45, 7) is 2.79. The first-order valence-corrected chi connectivity index (χ1v) is 8.27. The molecule has 6 nitrogen and oxygen atoms in total. The van der Waals surface area contributed by atoms with Crippen molar-refractivity contribution >= 4 is 5.91 Å². The van der Waals surface area contributed by atoms with Gasteiger partial charge in [-0.15, -0.1) is 0 Å². The van der Waals surface area contributed by atoms with Gasteiger partial charge in [-0.3, -0.25) is 9.78 Å². The van der Waals surface area contributed by atoms with Crippen molar-refractivity contribution < 1.29 is 18.7 Å². The minimum absolute atomic E-state index is 0.0205. The highest BCUT2D eigenvalue weighted by atomic mass is 16.5. The molecular weight excluding hydrogens is 308 g/mol. The molecule has 0 spiro atoms. The lowest BCUT2D eigenvalue weighted by atomic mass is 9.91. The highest BCUT2D eigenvalue weighted by Crippen LogP contribution is 2.36. The number of amides is 1. The molecule has 2 fully saturated rings. The number of aromatic nitrogens is 1. The van der Waals surface area contributed by atoms with E-state index in [0.29, 0.717) is 30.6 Å². The first-order chi connectivity index (χ1) is 11.8. The van der Waals surface area contributed by atoms with Crippen LogP contribution in [0.3, 0.4) is 0 Å². The second-order valence-electron chi connectivity index (χ2n) is 6.34. The predicted molar refractivity (Wildman–Crippen MR) is 85.7 cm³/mol. The Morgan fingerprint density at radius 3 is 3.12 bits per heavy atom. The second kappa shape index (κ2) is 6.65. The third-order valence-electron chi connectivity index (χ3n) is 4.89. The lowest BCUT2D eigenvalue weighted by Crippen LogP contribution is -2.31. The van der Waals surface area contributed by atoms with Gasteiger partial charge in [0, 0.05) is 25.2 Å². The molecule has 2 aliphatic rings. The zero-order chi connectivity index (χ0) is 16.4. The van der Waals surface area contributed by atoms with Crippen LogP contribution < -0.4 is 4.74 Å². The van der Waals surface area contributed by atoms with Crippen molar-refractivity contribution in [2.24, 2.45) is 11.8 Å². The van der Waals surface area contributed by atoms with Gasteiger partial charge in [0.1, 0.15) is 12.0 Å². The summed E-state index contributed by atoms with van der Waals surface area (Å²) in [7, 11) is 0. The Bertz CT molecular complexity index is 674. The van der Waals surface area contributed by atoms with E-state index in [1.54, 1.807) is 18.5 Å². The van der Waals surface area contributed by atoms with Gasteiger partial charge >= 0.3 is 0 Å². The molecule has 0 aromatic carbocycles. The van der Waals surface area contributed by atoms with E-state index >= 15 is 0 Å². The van der Waals surface area contributed by atoms with Gasteiger partial charge in [-0.2, -0.15) is 0 Å². The number of likely N-dealkylation sites (tertiary alicyclic amines) is 1. The van der Waals surface area contributed by atoms with Crippen LogP contribution in [0, 0.1) is 11.8 Å². The number of ether oxygens (including phenoxy) is 2. The van der Waals surface area contributed by atoms with Gasteiger partial charge in [0.2, 0.25) is 0 Å². The van der Waals surface area contributed by atoms with Crippen molar-refractivity contribution in [1.82, 2.24) is 9.88 Å². The Kier molecular flexibility index (Phi) is 4.21. The van der Waals surface area contributed by atoms with Gasteiger partial charge in [0.15, 0.2) is 0 Å². The normalized spacial score (nSPS) is 25.7. The fourth-order valence-electron chi connectivity index (χ4n) is 3.59. The molecule has 24 heavy (non-hydrogen) atoms. The maximum atomic E-state index is 12.4. The largest absolute Gasteiger partial charge is 0.492 e.